The van der Waals surface area contributed by atoms with Gasteiger partial charge in [-0.1, -0.05) is 11.6 Å². The lowest BCUT2D eigenvalue weighted by atomic mass is 10.4. The Balaban J connectivity index is 1.83. The van der Waals surface area contributed by atoms with Gasteiger partial charge in [0.1, 0.15) is 5.25 Å². The summed E-state index contributed by atoms with van der Waals surface area (Å²) < 4.78 is 22.5. The van der Waals surface area contributed by atoms with Crippen LogP contribution in [0.15, 0.2) is 29.2 Å². The first kappa shape index (κ1) is 15.6. The largest absolute Gasteiger partial charge is 0.340 e. The Morgan fingerprint density at radius 2 is 2.00 bits per heavy atom. The molecule has 110 valence electrons. The number of nitrogens with two attached hydrogens (primary N) is 1. The molecule has 1 aromatic rings. The van der Waals surface area contributed by atoms with Crippen molar-refractivity contribution in [2.24, 2.45) is 5.14 Å². The molecule has 1 atom stereocenters. The van der Waals surface area contributed by atoms with Gasteiger partial charge in [-0.05, 0) is 24.3 Å². The van der Waals surface area contributed by atoms with Crippen molar-refractivity contribution in [1.82, 2.24) is 4.90 Å². The molecule has 0 aliphatic carbocycles. The van der Waals surface area contributed by atoms with Crippen molar-refractivity contribution in [3.05, 3.63) is 29.3 Å². The highest BCUT2D eigenvalue weighted by Crippen LogP contribution is 2.22. The van der Waals surface area contributed by atoms with Gasteiger partial charge in [0, 0.05) is 35.2 Å². The van der Waals surface area contributed by atoms with E-state index in [1.165, 1.54) is 0 Å². The second-order valence-electron chi connectivity index (χ2n) is 4.56. The van der Waals surface area contributed by atoms with Crippen LogP contribution in [0.4, 0.5) is 0 Å². The molecule has 0 spiro atoms. The smallest absolute Gasteiger partial charge is 0.224 e. The summed E-state index contributed by atoms with van der Waals surface area (Å²) in [5, 5.41) is 4.99. The van der Waals surface area contributed by atoms with E-state index in [4.69, 9.17) is 16.7 Å². The first-order valence-corrected chi connectivity index (χ1v) is 9.01. The number of hydrogen-bond acceptors (Lipinski definition) is 4. The number of hydrogen-bond donors (Lipinski definition) is 1. The Hall–Kier alpha value is -0.760. The highest BCUT2D eigenvalue weighted by atomic mass is 35.5. The van der Waals surface area contributed by atoms with Gasteiger partial charge in [-0.15, -0.1) is 11.8 Å². The fourth-order valence-electron chi connectivity index (χ4n) is 1.98. The van der Waals surface area contributed by atoms with Crippen LogP contribution in [-0.2, 0) is 14.8 Å². The average molecular weight is 335 g/mol. The minimum atomic E-state index is -3.63. The average Bonchev–Trinajstić information content (AvgIpc) is 2.74. The van der Waals surface area contributed by atoms with Crippen LogP contribution in [0.1, 0.15) is 6.42 Å². The Kier molecular flexibility index (Phi) is 4.95. The van der Waals surface area contributed by atoms with E-state index in [0.29, 0.717) is 17.3 Å². The maximum Gasteiger partial charge on any atom is 0.224 e. The van der Waals surface area contributed by atoms with Crippen molar-refractivity contribution in [3.8, 4) is 0 Å². The number of rotatable bonds is 5. The molecule has 0 bridgehead atoms. The Morgan fingerprint density at radius 3 is 2.55 bits per heavy atom. The van der Waals surface area contributed by atoms with Crippen LogP contribution in [-0.4, -0.2) is 43.3 Å². The van der Waals surface area contributed by atoms with Gasteiger partial charge in [-0.2, -0.15) is 0 Å². The van der Waals surface area contributed by atoms with E-state index in [9.17, 15) is 13.2 Å². The van der Waals surface area contributed by atoms with Gasteiger partial charge in [0.05, 0.1) is 0 Å². The summed E-state index contributed by atoms with van der Waals surface area (Å²) in [7, 11) is -3.63. The van der Waals surface area contributed by atoms with Crippen LogP contribution in [0.3, 0.4) is 0 Å². The lowest BCUT2D eigenvalue weighted by molar-refractivity contribution is -0.127. The van der Waals surface area contributed by atoms with E-state index in [1.54, 1.807) is 16.7 Å². The molecule has 1 saturated heterocycles. The third-order valence-electron chi connectivity index (χ3n) is 3.09. The molecule has 1 amide bonds. The summed E-state index contributed by atoms with van der Waals surface area (Å²) >= 11 is 7.39. The molecule has 0 radical (unpaired) electrons. The summed E-state index contributed by atoms with van der Waals surface area (Å²) in [6, 6.07) is 7.43. The SMILES string of the molecule is NS(=O)(=O)C1CC(=O)N(CCSc2ccc(Cl)cc2)C1. The first-order valence-electron chi connectivity index (χ1n) is 6.04. The predicted molar refractivity (Wildman–Crippen MR) is 80.3 cm³/mol. The number of benzene rings is 1. The highest BCUT2D eigenvalue weighted by molar-refractivity contribution is 7.99. The van der Waals surface area contributed by atoms with Crippen LogP contribution >= 0.6 is 23.4 Å². The van der Waals surface area contributed by atoms with Crippen molar-refractivity contribution in [3.63, 3.8) is 0 Å². The molecular weight excluding hydrogens is 320 g/mol. The number of sulfonamides is 1. The number of nitrogens with zero attached hydrogens (tertiary/aromatic N) is 1. The lowest BCUT2D eigenvalue weighted by Gasteiger charge is -2.15. The Labute approximate surface area is 127 Å². The normalized spacial score (nSPS) is 19.6. The second-order valence-corrected chi connectivity index (χ2v) is 8.01. The fourth-order valence-corrected chi connectivity index (χ4v) is 3.74. The Bertz CT molecular complexity index is 589. The zero-order chi connectivity index (χ0) is 14.8. The number of primary sulfonamides is 1. The van der Waals surface area contributed by atoms with Crippen LogP contribution in [0.25, 0.3) is 0 Å². The fraction of sp³-hybridized carbons (Fsp3) is 0.417. The topological polar surface area (TPSA) is 80.5 Å². The van der Waals surface area contributed by atoms with E-state index in [2.05, 4.69) is 0 Å². The molecule has 1 aromatic carbocycles. The van der Waals surface area contributed by atoms with Gasteiger partial charge in [-0.25, -0.2) is 13.6 Å². The van der Waals surface area contributed by atoms with Crippen LogP contribution in [0, 0.1) is 0 Å². The minimum Gasteiger partial charge on any atom is -0.340 e. The van der Waals surface area contributed by atoms with Crippen molar-refractivity contribution >= 4 is 39.3 Å². The van der Waals surface area contributed by atoms with Crippen LogP contribution in [0.2, 0.25) is 5.02 Å². The third-order valence-corrected chi connectivity index (χ3v) is 5.58. The number of likely N-dealkylation sites (tertiary alicyclic amines) is 1. The maximum absolute atomic E-state index is 11.7. The summed E-state index contributed by atoms with van der Waals surface area (Å²) in [5.74, 6) is 0.547. The van der Waals surface area contributed by atoms with E-state index < -0.39 is 15.3 Å². The van der Waals surface area contributed by atoms with Gasteiger partial charge in [0.2, 0.25) is 15.9 Å². The molecule has 2 N–H and O–H groups in total. The third kappa shape index (κ3) is 4.12. The van der Waals surface area contributed by atoms with E-state index >= 15 is 0 Å². The monoisotopic (exact) mass is 334 g/mol. The van der Waals surface area contributed by atoms with E-state index in [0.717, 1.165) is 4.90 Å². The number of amides is 1. The highest BCUT2D eigenvalue weighted by Gasteiger charge is 2.35. The van der Waals surface area contributed by atoms with Gasteiger partial charge in [-0.3, -0.25) is 4.79 Å². The maximum atomic E-state index is 11.7. The zero-order valence-electron chi connectivity index (χ0n) is 10.7. The van der Waals surface area contributed by atoms with Crippen LogP contribution in [0.5, 0.6) is 0 Å². The van der Waals surface area contributed by atoms with Gasteiger partial charge >= 0.3 is 0 Å². The molecule has 5 nitrogen and oxygen atoms in total. The quantitative estimate of drug-likeness (QED) is 0.823. The summed E-state index contributed by atoms with van der Waals surface area (Å²) in [4.78, 5) is 14.3. The van der Waals surface area contributed by atoms with Gasteiger partial charge in [0.25, 0.3) is 0 Å². The number of carbonyl (C=O) groups excluding carboxylic acids is 1. The standard InChI is InChI=1S/C12H15ClN2O3S2/c13-9-1-3-10(4-2-9)19-6-5-15-8-11(7-12(15)16)20(14,17)18/h1-4,11H,5-8H2,(H2,14,17,18). The van der Waals surface area contributed by atoms with E-state index in [-0.39, 0.29) is 18.9 Å². The zero-order valence-corrected chi connectivity index (χ0v) is 13.0. The molecule has 2 rings (SSSR count). The minimum absolute atomic E-state index is 0.00948. The molecule has 1 heterocycles. The Morgan fingerprint density at radius 1 is 1.35 bits per heavy atom. The van der Waals surface area contributed by atoms with Crippen molar-refractivity contribution in [1.29, 1.82) is 0 Å². The molecule has 20 heavy (non-hydrogen) atoms. The molecule has 1 aliphatic rings. The van der Waals surface area contributed by atoms with Crippen molar-refractivity contribution in [2.75, 3.05) is 18.8 Å². The van der Waals surface area contributed by atoms with Gasteiger partial charge < -0.3 is 4.90 Å². The molecule has 8 heteroatoms. The summed E-state index contributed by atoms with van der Waals surface area (Å²) in [5.41, 5.74) is 0. The molecule has 1 aliphatic heterocycles. The van der Waals surface area contributed by atoms with Gasteiger partial charge in [0.15, 0.2) is 0 Å². The second kappa shape index (κ2) is 6.34. The van der Waals surface area contributed by atoms with Crippen molar-refractivity contribution in [2.45, 2.75) is 16.6 Å². The van der Waals surface area contributed by atoms with Crippen molar-refractivity contribution < 1.29 is 13.2 Å². The first-order chi connectivity index (χ1) is 9.36. The number of thioether (sulfide) groups is 1. The van der Waals surface area contributed by atoms with Crippen LogP contribution < -0.4 is 5.14 Å². The molecule has 0 aromatic heterocycles. The lowest BCUT2D eigenvalue weighted by Crippen LogP contribution is -2.33. The molecule has 1 fully saturated rings. The summed E-state index contributed by atoms with van der Waals surface area (Å²) in [6.45, 7) is 0.705. The predicted octanol–water partition coefficient (Wildman–Crippen LogP) is 1.32. The molecule has 1 unspecified atom stereocenters. The van der Waals surface area contributed by atoms with E-state index in [1.807, 2.05) is 24.3 Å². The molecule has 0 saturated carbocycles. The number of carbonyl (C=O) groups is 1. The molecular formula is C12H15ClN2O3S2. The number of halogens is 1. The summed E-state index contributed by atoms with van der Waals surface area (Å²) in [6.07, 6.45) is -0.00948.